The minimum Gasteiger partial charge on any atom is -0.493 e. The molecule has 1 aromatic carbocycles. The first-order valence-electron chi connectivity index (χ1n) is 5.98. The number of carboxylic acids is 1. The van der Waals surface area contributed by atoms with Crippen molar-refractivity contribution in [3.63, 3.8) is 0 Å². The van der Waals surface area contributed by atoms with Gasteiger partial charge in [-0.1, -0.05) is 0 Å². The molecule has 110 valence electrons. The highest BCUT2D eigenvalue weighted by Gasteiger charge is 2.20. The lowest BCUT2D eigenvalue weighted by molar-refractivity contribution is -0.140. The second kappa shape index (κ2) is 7.34. The molecule has 7 nitrogen and oxygen atoms in total. The third-order valence-electron chi connectivity index (χ3n) is 2.51. The molecule has 1 amide bonds. The quantitative estimate of drug-likeness (QED) is 0.663. The number of amides is 1. The van der Waals surface area contributed by atoms with Crippen LogP contribution < -0.4 is 14.8 Å². The average Bonchev–Trinajstić information content (AvgIpc) is 2.44. The number of ether oxygens (including phenoxy) is 2. The summed E-state index contributed by atoms with van der Waals surface area (Å²) in [4.78, 5) is 22.6. The number of hydrogen-bond donors (Lipinski definition) is 3. The molecule has 0 unspecified atom stereocenters. The van der Waals surface area contributed by atoms with Gasteiger partial charge in [0.05, 0.1) is 20.3 Å². The van der Waals surface area contributed by atoms with Crippen molar-refractivity contribution < 1.29 is 29.3 Å². The molecule has 0 bridgehead atoms. The number of carboxylic acid groups (broad SMARTS) is 1. The number of hydrogen-bond acceptors (Lipinski definition) is 5. The Labute approximate surface area is 116 Å². The molecular weight excluding hydrogens is 266 g/mol. The van der Waals surface area contributed by atoms with Gasteiger partial charge in [0.15, 0.2) is 17.5 Å². The molecule has 0 heterocycles. The molecule has 7 heteroatoms. The zero-order chi connectivity index (χ0) is 15.1. The van der Waals surface area contributed by atoms with Crippen LogP contribution >= 0.6 is 0 Å². The van der Waals surface area contributed by atoms with Crippen molar-refractivity contribution in [2.75, 3.05) is 20.3 Å². The molecule has 1 rings (SSSR count). The molecule has 0 aliphatic carbocycles. The number of aliphatic hydroxyl groups excluding tert-OH is 1. The number of aliphatic carboxylic acids is 1. The molecular formula is C13H17NO6. The molecule has 0 aliphatic rings. The molecule has 0 aliphatic heterocycles. The molecule has 0 saturated heterocycles. The van der Waals surface area contributed by atoms with Crippen LogP contribution in [0.4, 0.5) is 0 Å². The van der Waals surface area contributed by atoms with E-state index in [1.54, 1.807) is 6.07 Å². The molecule has 20 heavy (non-hydrogen) atoms. The maximum atomic E-state index is 11.9. The van der Waals surface area contributed by atoms with Crippen LogP contribution in [0.3, 0.4) is 0 Å². The maximum absolute atomic E-state index is 11.9. The van der Waals surface area contributed by atoms with E-state index in [1.165, 1.54) is 19.2 Å². The summed E-state index contributed by atoms with van der Waals surface area (Å²) >= 11 is 0. The van der Waals surface area contributed by atoms with Crippen molar-refractivity contribution in [1.29, 1.82) is 0 Å². The van der Waals surface area contributed by atoms with Crippen LogP contribution in [-0.4, -0.2) is 48.5 Å². The van der Waals surface area contributed by atoms with Crippen molar-refractivity contribution in [2.24, 2.45) is 0 Å². The van der Waals surface area contributed by atoms with E-state index in [9.17, 15) is 9.59 Å². The Kier molecular flexibility index (Phi) is 5.79. The van der Waals surface area contributed by atoms with Crippen LogP contribution in [0.1, 0.15) is 17.3 Å². The van der Waals surface area contributed by atoms with Crippen LogP contribution in [0.15, 0.2) is 18.2 Å². The van der Waals surface area contributed by atoms with Gasteiger partial charge in [0.2, 0.25) is 0 Å². The summed E-state index contributed by atoms with van der Waals surface area (Å²) in [6, 6.07) is 3.14. The highest BCUT2D eigenvalue weighted by molar-refractivity contribution is 5.97. The number of carbonyl (C=O) groups is 2. The minimum absolute atomic E-state index is 0.213. The Bertz CT molecular complexity index is 488. The van der Waals surface area contributed by atoms with Gasteiger partial charge in [-0.25, -0.2) is 4.79 Å². The van der Waals surface area contributed by atoms with Gasteiger partial charge < -0.3 is 25.0 Å². The van der Waals surface area contributed by atoms with Gasteiger partial charge in [0, 0.05) is 5.56 Å². The van der Waals surface area contributed by atoms with Crippen LogP contribution in [0.25, 0.3) is 0 Å². The summed E-state index contributed by atoms with van der Waals surface area (Å²) < 4.78 is 10.4. The van der Waals surface area contributed by atoms with Crippen molar-refractivity contribution in [3.8, 4) is 11.5 Å². The van der Waals surface area contributed by atoms with Gasteiger partial charge in [-0.15, -0.1) is 0 Å². The molecule has 0 aromatic heterocycles. The molecule has 0 spiro atoms. The Morgan fingerprint density at radius 3 is 2.55 bits per heavy atom. The van der Waals surface area contributed by atoms with E-state index in [-0.39, 0.29) is 5.56 Å². The Balaban J connectivity index is 2.91. The van der Waals surface area contributed by atoms with E-state index in [0.717, 1.165) is 0 Å². The maximum Gasteiger partial charge on any atom is 0.328 e. The highest BCUT2D eigenvalue weighted by Crippen LogP contribution is 2.27. The van der Waals surface area contributed by atoms with Gasteiger partial charge in [-0.05, 0) is 25.1 Å². The molecule has 0 fully saturated rings. The third kappa shape index (κ3) is 3.86. The van der Waals surface area contributed by atoms with Crippen LogP contribution in [0.2, 0.25) is 0 Å². The van der Waals surface area contributed by atoms with Gasteiger partial charge in [0.25, 0.3) is 5.91 Å². The second-order valence-electron chi connectivity index (χ2n) is 3.85. The lowest BCUT2D eigenvalue weighted by atomic mass is 10.1. The number of benzene rings is 1. The van der Waals surface area contributed by atoms with Crippen molar-refractivity contribution in [2.45, 2.75) is 13.0 Å². The van der Waals surface area contributed by atoms with E-state index in [0.29, 0.717) is 18.1 Å². The summed E-state index contributed by atoms with van der Waals surface area (Å²) in [6.45, 7) is 1.58. The van der Waals surface area contributed by atoms with E-state index in [2.05, 4.69) is 5.32 Å². The van der Waals surface area contributed by atoms with E-state index < -0.39 is 24.5 Å². The zero-order valence-corrected chi connectivity index (χ0v) is 11.3. The first kappa shape index (κ1) is 15.8. The molecule has 0 radical (unpaired) electrons. The molecule has 0 saturated carbocycles. The van der Waals surface area contributed by atoms with Crippen molar-refractivity contribution >= 4 is 11.9 Å². The minimum atomic E-state index is -1.35. The summed E-state index contributed by atoms with van der Waals surface area (Å²) in [6.07, 6.45) is 0. The summed E-state index contributed by atoms with van der Waals surface area (Å²) in [5.74, 6) is -1.06. The van der Waals surface area contributed by atoms with Crippen LogP contribution in [0.5, 0.6) is 11.5 Å². The largest absolute Gasteiger partial charge is 0.493 e. The lowest BCUT2D eigenvalue weighted by Crippen LogP contribution is -2.43. The Morgan fingerprint density at radius 2 is 2.05 bits per heavy atom. The van der Waals surface area contributed by atoms with Gasteiger partial charge in [-0.3, -0.25) is 4.79 Å². The fraction of sp³-hybridized carbons (Fsp3) is 0.385. The predicted octanol–water partition coefficient (Wildman–Crippen LogP) is 0.269. The predicted molar refractivity (Wildman–Crippen MR) is 70.1 cm³/mol. The fourth-order valence-electron chi connectivity index (χ4n) is 1.51. The smallest absolute Gasteiger partial charge is 0.328 e. The van der Waals surface area contributed by atoms with Gasteiger partial charge >= 0.3 is 5.97 Å². The summed E-state index contributed by atoms with van der Waals surface area (Å²) in [5.41, 5.74) is 0.213. The normalized spacial score (nSPS) is 11.6. The number of carbonyl (C=O) groups excluding carboxylic acids is 1. The average molecular weight is 283 g/mol. The van der Waals surface area contributed by atoms with Crippen LogP contribution in [-0.2, 0) is 4.79 Å². The van der Waals surface area contributed by atoms with Gasteiger partial charge in [0.1, 0.15) is 0 Å². The van der Waals surface area contributed by atoms with Crippen molar-refractivity contribution in [1.82, 2.24) is 5.32 Å². The van der Waals surface area contributed by atoms with Crippen LogP contribution in [0, 0.1) is 0 Å². The third-order valence-corrected chi connectivity index (χ3v) is 2.51. The zero-order valence-electron chi connectivity index (χ0n) is 11.3. The Hall–Kier alpha value is -2.28. The second-order valence-corrected chi connectivity index (χ2v) is 3.85. The van der Waals surface area contributed by atoms with E-state index in [4.69, 9.17) is 19.7 Å². The fourth-order valence-corrected chi connectivity index (χ4v) is 1.51. The number of nitrogens with one attached hydrogen (secondary N) is 1. The topological polar surface area (TPSA) is 105 Å². The van der Waals surface area contributed by atoms with Gasteiger partial charge in [-0.2, -0.15) is 0 Å². The number of aliphatic hydroxyl groups is 1. The Morgan fingerprint density at radius 1 is 1.35 bits per heavy atom. The molecule has 3 N–H and O–H groups in total. The molecule has 1 aromatic rings. The number of rotatable bonds is 7. The number of methoxy groups -OCH3 is 1. The van der Waals surface area contributed by atoms with E-state index in [1.807, 2.05) is 6.92 Å². The standard InChI is InChI=1S/C13H17NO6/c1-3-20-10-5-4-8(6-11(10)19-2)12(16)14-9(7-15)13(17)18/h4-6,9,15H,3,7H2,1-2H3,(H,14,16)(H,17,18)/t9-/m1/s1. The summed E-state index contributed by atoms with van der Waals surface area (Å²) in [7, 11) is 1.44. The van der Waals surface area contributed by atoms with E-state index >= 15 is 0 Å². The first-order chi connectivity index (χ1) is 9.53. The summed E-state index contributed by atoms with van der Waals surface area (Å²) in [5, 5.41) is 19.8. The molecule has 1 atom stereocenters. The highest BCUT2D eigenvalue weighted by atomic mass is 16.5. The monoisotopic (exact) mass is 283 g/mol. The van der Waals surface area contributed by atoms with Crippen molar-refractivity contribution in [3.05, 3.63) is 23.8 Å². The SMILES string of the molecule is CCOc1ccc(C(=O)N[C@H](CO)C(=O)O)cc1OC. The lowest BCUT2D eigenvalue weighted by Gasteiger charge is -2.13. The first-order valence-corrected chi connectivity index (χ1v) is 5.98.